The second-order valence-electron chi connectivity index (χ2n) is 11.4. The molecule has 0 radical (unpaired) electrons. The average molecular weight is 559 g/mol. The van der Waals surface area contributed by atoms with Crippen molar-refractivity contribution in [1.82, 2.24) is 14.8 Å². The molecule has 0 bridgehead atoms. The summed E-state index contributed by atoms with van der Waals surface area (Å²) in [7, 11) is 5.36. The normalized spacial score (nSPS) is 23.9. The van der Waals surface area contributed by atoms with E-state index in [9.17, 15) is 29.7 Å². The number of ketones is 2. The maximum absolute atomic E-state index is 13.9. The average Bonchev–Trinajstić information content (AvgIpc) is 2.88. The van der Waals surface area contributed by atoms with Crippen LogP contribution in [0.3, 0.4) is 0 Å². The van der Waals surface area contributed by atoms with Gasteiger partial charge in [-0.15, -0.1) is 6.58 Å². The number of nitrogens with zero attached hydrogens (tertiary/aromatic N) is 3. The number of nitrogens with two attached hydrogens (primary N) is 1. The summed E-state index contributed by atoms with van der Waals surface area (Å²) < 4.78 is 0. The van der Waals surface area contributed by atoms with Gasteiger partial charge < -0.3 is 21.1 Å². The first-order valence-electron chi connectivity index (χ1n) is 13.5. The number of aromatic nitrogens is 1. The van der Waals surface area contributed by atoms with E-state index < -0.39 is 52.6 Å². The van der Waals surface area contributed by atoms with Gasteiger partial charge in [0.25, 0.3) is 5.91 Å². The van der Waals surface area contributed by atoms with Crippen LogP contribution in [-0.4, -0.2) is 81.3 Å². The number of amides is 1. The molecule has 5 rings (SSSR count). The molecule has 3 aliphatic rings. The van der Waals surface area contributed by atoms with E-state index in [4.69, 9.17) is 5.73 Å². The zero-order valence-electron chi connectivity index (χ0n) is 23.3. The predicted octanol–water partition coefficient (Wildman–Crippen LogP) is 2.53. The fourth-order valence-electron chi connectivity index (χ4n) is 6.85. The lowest BCUT2D eigenvalue weighted by atomic mass is 9.59. The van der Waals surface area contributed by atoms with Gasteiger partial charge in [0.2, 0.25) is 0 Å². The van der Waals surface area contributed by atoms with Gasteiger partial charge in [-0.05, 0) is 74.6 Å². The minimum absolute atomic E-state index is 0.0557. The van der Waals surface area contributed by atoms with Gasteiger partial charge >= 0.3 is 0 Å². The van der Waals surface area contributed by atoms with E-state index in [1.165, 1.54) is 6.07 Å². The van der Waals surface area contributed by atoms with E-state index in [1.807, 2.05) is 19.2 Å². The molecule has 3 aliphatic carbocycles. The first-order valence-corrected chi connectivity index (χ1v) is 13.5. The number of carbonyl (C=O) groups is 3. The third kappa shape index (κ3) is 4.62. The number of primary amides is 1. The van der Waals surface area contributed by atoms with Crippen LogP contribution in [0.4, 0.5) is 0 Å². The molecule has 214 valence electrons. The SMILES string of the molecule is C=CCN(C)Cc1cncc(-c2ccc(O)c3c2CC2CC4C(C(=O)C(C(N)=O)=C(O)[C@H]4N(C)C)C(=O)C2=C3O)c1. The van der Waals surface area contributed by atoms with Crippen molar-refractivity contribution < 1.29 is 29.7 Å². The largest absolute Gasteiger partial charge is 0.510 e. The van der Waals surface area contributed by atoms with Gasteiger partial charge in [0.1, 0.15) is 22.8 Å². The van der Waals surface area contributed by atoms with E-state index >= 15 is 0 Å². The Morgan fingerprint density at radius 2 is 1.88 bits per heavy atom. The Hall–Kier alpha value is -4.28. The molecule has 10 nitrogen and oxygen atoms in total. The summed E-state index contributed by atoms with van der Waals surface area (Å²) in [5.74, 6) is -5.95. The topological polar surface area (TPSA) is 157 Å². The second kappa shape index (κ2) is 10.6. The molecule has 10 heteroatoms. The zero-order valence-corrected chi connectivity index (χ0v) is 23.3. The third-order valence-corrected chi connectivity index (χ3v) is 8.45. The van der Waals surface area contributed by atoms with Crippen LogP contribution in [0.25, 0.3) is 16.9 Å². The van der Waals surface area contributed by atoms with E-state index in [2.05, 4.69) is 16.5 Å². The molecule has 41 heavy (non-hydrogen) atoms. The highest BCUT2D eigenvalue weighted by atomic mass is 16.3. The maximum Gasteiger partial charge on any atom is 0.255 e. The third-order valence-electron chi connectivity index (χ3n) is 8.45. The lowest BCUT2D eigenvalue weighted by Crippen LogP contribution is -2.55. The number of benzene rings is 1. The first-order chi connectivity index (χ1) is 19.5. The monoisotopic (exact) mass is 558 g/mol. The van der Waals surface area contributed by atoms with Gasteiger partial charge in [-0.25, -0.2) is 0 Å². The summed E-state index contributed by atoms with van der Waals surface area (Å²) in [4.78, 5) is 47.6. The molecule has 0 saturated heterocycles. The Kier molecular flexibility index (Phi) is 7.31. The van der Waals surface area contributed by atoms with Crippen molar-refractivity contribution in [2.24, 2.45) is 23.5 Å². The smallest absolute Gasteiger partial charge is 0.255 e. The summed E-state index contributed by atoms with van der Waals surface area (Å²) in [6.45, 7) is 5.13. The Morgan fingerprint density at radius 3 is 2.54 bits per heavy atom. The van der Waals surface area contributed by atoms with Crippen molar-refractivity contribution in [2.45, 2.75) is 25.4 Å². The molecule has 0 aliphatic heterocycles. The van der Waals surface area contributed by atoms with E-state index in [1.54, 1.807) is 37.5 Å². The lowest BCUT2D eigenvalue weighted by molar-refractivity contribution is -0.136. The first kappa shape index (κ1) is 28.3. The predicted molar refractivity (Wildman–Crippen MR) is 153 cm³/mol. The molecule has 4 atom stereocenters. The number of aliphatic hydroxyl groups is 2. The maximum atomic E-state index is 13.9. The molecule has 1 heterocycles. The van der Waals surface area contributed by atoms with E-state index in [-0.39, 0.29) is 22.6 Å². The van der Waals surface area contributed by atoms with E-state index in [0.717, 1.165) is 16.7 Å². The summed E-state index contributed by atoms with van der Waals surface area (Å²) in [5.41, 5.74) is 8.26. The van der Waals surface area contributed by atoms with Crippen LogP contribution in [0.15, 0.2) is 60.2 Å². The minimum Gasteiger partial charge on any atom is -0.510 e. The molecule has 5 N–H and O–H groups in total. The highest BCUT2D eigenvalue weighted by Crippen LogP contribution is 2.51. The van der Waals surface area contributed by atoms with Crippen molar-refractivity contribution >= 4 is 23.2 Å². The quantitative estimate of drug-likeness (QED) is 0.228. The Morgan fingerprint density at radius 1 is 1.15 bits per heavy atom. The molecule has 2 aromatic rings. The number of aliphatic hydroxyl groups excluding tert-OH is 2. The molecule has 1 saturated carbocycles. The van der Waals surface area contributed by atoms with Crippen molar-refractivity contribution in [1.29, 1.82) is 0 Å². The molecule has 3 unspecified atom stereocenters. The van der Waals surface area contributed by atoms with Crippen LogP contribution in [-0.2, 0) is 27.3 Å². The number of Topliss-reactive ketones (excluding diaryl/α,β-unsaturated/α-hetero) is 2. The summed E-state index contributed by atoms with van der Waals surface area (Å²) in [5, 5.41) is 33.2. The number of phenolic OH excluding ortho intramolecular Hbond substituents is 1. The van der Waals surface area contributed by atoms with Gasteiger partial charge in [-0.3, -0.25) is 29.2 Å². The Balaban J connectivity index is 1.61. The van der Waals surface area contributed by atoms with Crippen molar-refractivity contribution in [2.75, 3.05) is 27.7 Å². The molecular formula is C31H34N4O6. The van der Waals surface area contributed by atoms with Gasteiger partial charge in [-0.1, -0.05) is 12.1 Å². The molecule has 1 aromatic carbocycles. The van der Waals surface area contributed by atoms with Crippen LogP contribution in [0.2, 0.25) is 0 Å². The number of hydrogen-bond acceptors (Lipinski definition) is 9. The number of phenols is 1. The minimum atomic E-state index is -1.28. The number of allylic oxidation sites excluding steroid dienone is 1. The fraction of sp³-hybridized carbons (Fsp3) is 0.355. The number of fused-ring (bicyclic) bond motifs is 3. The number of hydrogen-bond donors (Lipinski definition) is 4. The Bertz CT molecular complexity index is 1540. The van der Waals surface area contributed by atoms with E-state index in [0.29, 0.717) is 31.5 Å². The lowest BCUT2D eigenvalue weighted by Gasteiger charge is -2.46. The van der Waals surface area contributed by atoms with Gasteiger partial charge in [0, 0.05) is 36.6 Å². The van der Waals surface area contributed by atoms with Crippen molar-refractivity contribution in [3.05, 3.63) is 76.8 Å². The summed E-state index contributed by atoms with van der Waals surface area (Å²) in [6, 6.07) is 4.46. The van der Waals surface area contributed by atoms with Gasteiger partial charge in [-0.2, -0.15) is 0 Å². The Labute approximate surface area is 238 Å². The highest BCUT2D eigenvalue weighted by molar-refractivity contribution is 6.28. The molecule has 1 fully saturated rings. The standard InChI is InChI=1S/C31H34N4O6/c1-5-8-35(4)14-15-9-17(13-33-12-15)18-6-7-21(36)23-19(18)10-16-11-20-24(28(38)22(16)27(23)37)29(39)25(31(32)41)30(40)26(20)34(2)3/h5-7,9,12-13,16,20,24,26,36-37,40H,1,8,10-11,14H2,2-4H3,(H2,32,41)/t16?,20?,24?,26-/m0/s1. The number of carbonyl (C=O) groups excluding carboxylic acids is 3. The van der Waals surface area contributed by atoms with Crippen LogP contribution in [0, 0.1) is 17.8 Å². The van der Waals surface area contributed by atoms with Gasteiger partial charge in [0.15, 0.2) is 11.6 Å². The number of likely N-dealkylation sites (N-methyl/N-ethyl adjacent to an activating group) is 2. The number of aromatic hydroxyl groups is 1. The summed E-state index contributed by atoms with van der Waals surface area (Å²) >= 11 is 0. The van der Waals surface area contributed by atoms with Crippen LogP contribution in [0.1, 0.15) is 23.1 Å². The molecule has 1 aromatic heterocycles. The number of pyridine rings is 1. The van der Waals surface area contributed by atoms with Crippen molar-refractivity contribution in [3.63, 3.8) is 0 Å². The van der Waals surface area contributed by atoms with Crippen LogP contribution >= 0.6 is 0 Å². The van der Waals surface area contributed by atoms with Crippen molar-refractivity contribution in [3.8, 4) is 16.9 Å². The molecule has 0 spiro atoms. The summed E-state index contributed by atoms with van der Waals surface area (Å²) in [6.07, 6.45) is 5.93. The molecule has 1 amide bonds. The molecular weight excluding hydrogens is 524 g/mol. The highest BCUT2D eigenvalue weighted by Gasteiger charge is 2.55. The number of rotatable bonds is 7. The zero-order chi connectivity index (χ0) is 29.7. The van der Waals surface area contributed by atoms with Crippen LogP contribution < -0.4 is 5.73 Å². The second-order valence-corrected chi connectivity index (χ2v) is 11.4. The fourth-order valence-corrected chi connectivity index (χ4v) is 6.85. The van der Waals surface area contributed by atoms with Crippen LogP contribution in [0.5, 0.6) is 5.75 Å². The van der Waals surface area contributed by atoms with Gasteiger partial charge in [0.05, 0.1) is 17.5 Å².